The lowest BCUT2D eigenvalue weighted by molar-refractivity contribution is -0.0945. The van der Waals surface area contributed by atoms with Gasteiger partial charge in [-0.05, 0) is 120 Å². The minimum atomic E-state index is 0.298. The number of rotatable bonds is 4. The van der Waals surface area contributed by atoms with Crippen LogP contribution in [-0.4, -0.2) is 37.2 Å². The number of hydrogen-bond donors (Lipinski definition) is 1. The molecule has 3 aromatic rings. The number of likely N-dealkylation sites (tertiary alicyclic amines) is 1. The van der Waals surface area contributed by atoms with Gasteiger partial charge in [0.25, 0.3) is 0 Å². The van der Waals surface area contributed by atoms with Gasteiger partial charge in [0.1, 0.15) is 5.75 Å². The number of methoxy groups -OCH3 is 1. The topological polar surface area (TPSA) is 24.5 Å². The van der Waals surface area contributed by atoms with Crippen molar-refractivity contribution >= 4 is 10.8 Å². The molecular weight excluding hydrogens is 452 g/mol. The molecule has 6 aliphatic rings. The van der Waals surface area contributed by atoms with Crippen LogP contribution in [0.1, 0.15) is 61.3 Å². The zero-order valence-corrected chi connectivity index (χ0v) is 22.0. The van der Waals surface area contributed by atoms with Crippen molar-refractivity contribution in [1.82, 2.24) is 10.2 Å². The quantitative estimate of drug-likeness (QED) is 0.467. The number of fused-ring (bicyclic) bond motifs is 2. The fraction of sp³-hybridized carbons (Fsp3) is 0.529. The summed E-state index contributed by atoms with van der Waals surface area (Å²) in [7, 11) is 1.84. The second-order valence-corrected chi connectivity index (χ2v) is 13.3. The van der Waals surface area contributed by atoms with E-state index in [1.54, 1.807) is 11.1 Å². The van der Waals surface area contributed by atoms with E-state index in [1.807, 2.05) is 7.11 Å². The van der Waals surface area contributed by atoms with Crippen LogP contribution < -0.4 is 10.1 Å². The highest BCUT2D eigenvalue weighted by Gasteiger charge is 2.76. The first-order valence-electron chi connectivity index (χ1n) is 14.9. The molecule has 4 aliphatic carbocycles. The van der Waals surface area contributed by atoms with E-state index in [0.29, 0.717) is 34.9 Å². The molecule has 2 aliphatic heterocycles. The largest absolute Gasteiger partial charge is 0.497 e. The Morgan fingerprint density at radius 2 is 1.86 bits per heavy atom. The Morgan fingerprint density at radius 1 is 0.973 bits per heavy atom. The van der Waals surface area contributed by atoms with Crippen LogP contribution in [0.25, 0.3) is 10.8 Å². The summed E-state index contributed by atoms with van der Waals surface area (Å²) in [4.78, 5) is 2.99. The number of nitrogens with zero attached hydrogens (tertiary/aromatic N) is 1. The van der Waals surface area contributed by atoms with E-state index in [2.05, 4.69) is 70.9 Å². The molecule has 37 heavy (non-hydrogen) atoms. The van der Waals surface area contributed by atoms with Crippen LogP contribution in [0, 0.1) is 23.2 Å². The van der Waals surface area contributed by atoms with Gasteiger partial charge >= 0.3 is 0 Å². The number of benzene rings is 3. The third kappa shape index (κ3) is 2.70. The summed E-state index contributed by atoms with van der Waals surface area (Å²) in [5, 5.41) is 6.99. The van der Waals surface area contributed by atoms with Crippen LogP contribution in [0.4, 0.5) is 0 Å². The molecule has 2 saturated heterocycles. The zero-order valence-electron chi connectivity index (χ0n) is 22.0. The normalized spacial score (nSPS) is 39.4. The maximum absolute atomic E-state index is 5.84. The summed E-state index contributed by atoms with van der Waals surface area (Å²) < 4.78 is 5.84. The minimum Gasteiger partial charge on any atom is -0.497 e. The summed E-state index contributed by atoms with van der Waals surface area (Å²) >= 11 is 0. The number of hydrogen-bond acceptors (Lipinski definition) is 3. The molecule has 1 N–H and O–H groups in total. The Labute approximate surface area is 220 Å². The van der Waals surface area contributed by atoms with Crippen molar-refractivity contribution in [2.75, 3.05) is 20.2 Å². The second kappa shape index (κ2) is 7.39. The van der Waals surface area contributed by atoms with Gasteiger partial charge in [-0.1, -0.05) is 42.5 Å². The molecule has 2 heterocycles. The lowest BCUT2D eigenvalue weighted by atomic mass is 9.43. The molecule has 0 spiro atoms. The Balaban J connectivity index is 1.20. The summed E-state index contributed by atoms with van der Waals surface area (Å²) in [6, 6.07) is 25.1. The number of ether oxygens (including phenoxy) is 1. The fourth-order valence-electron chi connectivity index (χ4n) is 10.7. The van der Waals surface area contributed by atoms with Crippen molar-refractivity contribution in [3.63, 3.8) is 0 Å². The molecule has 190 valence electrons. The van der Waals surface area contributed by atoms with E-state index in [4.69, 9.17) is 4.74 Å². The molecule has 5 unspecified atom stereocenters. The molecular formula is C34H38N2O. The van der Waals surface area contributed by atoms with Crippen LogP contribution in [0.3, 0.4) is 0 Å². The average molecular weight is 491 g/mol. The standard InChI is InChI=1S/C34H38N2O/c1-37-26-11-10-24-17-30-33-13-12-29-31(34(33,28(24)18-26)14-15-36(30)20-21-6-7-21)27(19-33)32(35-29)25-9-8-22-4-2-3-5-23(22)16-25/h2-5,8-11,16,18,21,27,29-32,35H,6-7,12-15,17,19-20H2,1H3/t27-,29?,30?,31?,32-,33?,34?/m0/s1. The molecule has 3 aromatic carbocycles. The summed E-state index contributed by atoms with van der Waals surface area (Å²) in [6.45, 7) is 2.63. The maximum atomic E-state index is 5.84. The molecule has 3 nitrogen and oxygen atoms in total. The summed E-state index contributed by atoms with van der Waals surface area (Å²) in [5.74, 6) is 3.47. The van der Waals surface area contributed by atoms with Gasteiger partial charge in [-0.2, -0.15) is 0 Å². The van der Waals surface area contributed by atoms with Gasteiger partial charge in [0.05, 0.1) is 7.11 Å². The van der Waals surface area contributed by atoms with Crippen molar-refractivity contribution in [3.8, 4) is 5.75 Å². The molecule has 9 rings (SSSR count). The predicted molar refractivity (Wildman–Crippen MR) is 148 cm³/mol. The van der Waals surface area contributed by atoms with Crippen molar-refractivity contribution in [1.29, 1.82) is 0 Å². The van der Waals surface area contributed by atoms with E-state index < -0.39 is 0 Å². The van der Waals surface area contributed by atoms with E-state index in [9.17, 15) is 0 Å². The minimum absolute atomic E-state index is 0.298. The van der Waals surface area contributed by atoms with E-state index in [0.717, 1.165) is 17.6 Å². The van der Waals surface area contributed by atoms with Crippen molar-refractivity contribution in [3.05, 3.63) is 77.4 Å². The van der Waals surface area contributed by atoms with Gasteiger partial charge in [0.15, 0.2) is 0 Å². The smallest absolute Gasteiger partial charge is 0.119 e. The van der Waals surface area contributed by atoms with Crippen LogP contribution in [0.15, 0.2) is 60.7 Å². The monoisotopic (exact) mass is 490 g/mol. The molecule has 0 aromatic heterocycles. The van der Waals surface area contributed by atoms with Gasteiger partial charge in [-0.3, -0.25) is 4.90 Å². The highest BCUT2D eigenvalue weighted by atomic mass is 16.5. The van der Waals surface area contributed by atoms with Crippen LogP contribution in [0.5, 0.6) is 5.75 Å². The van der Waals surface area contributed by atoms with Crippen LogP contribution in [0.2, 0.25) is 0 Å². The van der Waals surface area contributed by atoms with Gasteiger partial charge in [-0.25, -0.2) is 0 Å². The van der Waals surface area contributed by atoms with Crippen molar-refractivity contribution in [2.24, 2.45) is 23.2 Å². The Morgan fingerprint density at radius 3 is 2.73 bits per heavy atom. The zero-order chi connectivity index (χ0) is 24.4. The van der Waals surface area contributed by atoms with Crippen LogP contribution >= 0.6 is 0 Å². The molecule has 7 atom stereocenters. The fourth-order valence-corrected chi connectivity index (χ4v) is 10.7. The summed E-state index contributed by atoms with van der Waals surface area (Å²) in [5.41, 5.74) is 5.53. The molecule has 0 amide bonds. The maximum Gasteiger partial charge on any atom is 0.119 e. The first-order chi connectivity index (χ1) is 18.2. The lowest BCUT2D eigenvalue weighted by Gasteiger charge is -2.66. The molecule has 3 saturated carbocycles. The summed E-state index contributed by atoms with van der Waals surface area (Å²) in [6.07, 6.45) is 9.62. The average Bonchev–Trinajstić information content (AvgIpc) is 3.62. The van der Waals surface area contributed by atoms with E-state index in [1.165, 1.54) is 74.4 Å². The van der Waals surface area contributed by atoms with Gasteiger partial charge in [0, 0.05) is 30.1 Å². The van der Waals surface area contributed by atoms with Crippen LogP contribution in [-0.2, 0) is 11.8 Å². The molecule has 5 fully saturated rings. The highest BCUT2D eigenvalue weighted by molar-refractivity contribution is 5.83. The molecule has 4 bridgehead atoms. The van der Waals surface area contributed by atoms with E-state index >= 15 is 0 Å². The van der Waals surface area contributed by atoms with Gasteiger partial charge in [0.2, 0.25) is 0 Å². The Kier molecular flexibility index (Phi) is 4.31. The molecule has 0 radical (unpaired) electrons. The first-order valence-corrected chi connectivity index (χ1v) is 14.9. The van der Waals surface area contributed by atoms with Crippen molar-refractivity contribution in [2.45, 2.75) is 68.5 Å². The number of piperidine rings is 1. The Bertz CT molecular complexity index is 1410. The third-order valence-electron chi connectivity index (χ3n) is 12.1. The number of nitrogens with one attached hydrogen (secondary N) is 1. The first kappa shape index (κ1) is 21.6. The Hall–Kier alpha value is -2.36. The van der Waals surface area contributed by atoms with Crippen molar-refractivity contribution < 1.29 is 4.74 Å². The predicted octanol–water partition coefficient (Wildman–Crippen LogP) is 6.26. The highest BCUT2D eigenvalue weighted by Crippen LogP contribution is 2.76. The lowest BCUT2D eigenvalue weighted by Crippen LogP contribution is -2.69. The molecule has 3 heteroatoms. The SMILES string of the molecule is COc1ccc2c(c1)C13CCN(CC4CC4)C(C2)C12CCC1N[C@@H](c4ccc5ccccc5c4)[C@@H](C2)C13. The van der Waals surface area contributed by atoms with E-state index in [-0.39, 0.29) is 0 Å². The van der Waals surface area contributed by atoms with Gasteiger partial charge in [-0.15, -0.1) is 0 Å². The second-order valence-electron chi connectivity index (χ2n) is 13.3. The third-order valence-corrected chi connectivity index (χ3v) is 12.1. The van der Waals surface area contributed by atoms with Gasteiger partial charge < -0.3 is 10.1 Å².